The van der Waals surface area contributed by atoms with E-state index in [-0.39, 0.29) is 0 Å². The van der Waals surface area contributed by atoms with Crippen LogP contribution in [0.3, 0.4) is 0 Å². The molecule has 0 saturated heterocycles. The van der Waals surface area contributed by atoms with E-state index in [0.29, 0.717) is 11.8 Å². The van der Waals surface area contributed by atoms with Gasteiger partial charge in [0.05, 0.1) is 5.60 Å². The summed E-state index contributed by atoms with van der Waals surface area (Å²) >= 11 is 5.31. The van der Waals surface area contributed by atoms with Gasteiger partial charge >= 0.3 is 0 Å². The second-order valence-corrected chi connectivity index (χ2v) is 8.62. The van der Waals surface area contributed by atoms with Crippen molar-refractivity contribution in [1.82, 2.24) is 0 Å². The molecule has 0 aromatic carbocycles. The molecule has 4 fully saturated rings. The lowest BCUT2D eigenvalue weighted by atomic mass is 9.49. The Kier molecular flexibility index (Phi) is 2.69. The number of hydrogen-bond acceptors (Lipinski definition) is 2. The molecule has 4 aliphatic carbocycles. The minimum Gasteiger partial charge on any atom is -0.389 e. The summed E-state index contributed by atoms with van der Waals surface area (Å²) in [6.45, 7) is 0. The molecule has 98 valence electrons. The first-order chi connectivity index (χ1) is 8.63. The van der Waals surface area contributed by atoms with Gasteiger partial charge < -0.3 is 5.11 Å². The van der Waals surface area contributed by atoms with E-state index in [4.69, 9.17) is 0 Å². The van der Waals surface area contributed by atoms with Crippen LogP contribution in [0.2, 0.25) is 0 Å². The van der Waals surface area contributed by atoms with Crippen molar-refractivity contribution >= 4 is 27.3 Å². The summed E-state index contributed by atoms with van der Waals surface area (Å²) < 4.78 is 1.16. The summed E-state index contributed by atoms with van der Waals surface area (Å²) in [6.07, 6.45) is 7.49. The van der Waals surface area contributed by atoms with Crippen LogP contribution < -0.4 is 0 Å². The topological polar surface area (TPSA) is 20.2 Å². The molecule has 4 bridgehead atoms. The van der Waals surface area contributed by atoms with Gasteiger partial charge in [0.15, 0.2) is 0 Å². The highest BCUT2D eigenvalue weighted by atomic mass is 79.9. The maximum atomic E-state index is 11.2. The van der Waals surface area contributed by atoms with Gasteiger partial charge in [-0.3, -0.25) is 0 Å². The standard InChI is InChI=1S/C15H19BrOS/c16-13-6-14(18-8-13)7-15(17)11-2-9-1-10(4-11)5-12(15)3-9/h6,8-12,17H,1-5,7H2. The van der Waals surface area contributed by atoms with Crippen LogP contribution in [0.1, 0.15) is 37.0 Å². The van der Waals surface area contributed by atoms with Crippen molar-refractivity contribution in [3.05, 3.63) is 20.8 Å². The summed E-state index contributed by atoms with van der Waals surface area (Å²) in [7, 11) is 0. The van der Waals surface area contributed by atoms with Gasteiger partial charge in [-0.25, -0.2) is 0 Å². The van der Waals surface area contributed by atoms with E-state index in [1.54, 1.807) is 11.3 Å². The monoisotopic (exact) mass is 326 g/mol. The van der Waals surface area contributed by atoms with Gasteiger partial charge in [-0.05, 0) is 77.8 Å². The Labute approximate surface area is 121 Å². The maximum absolute atomic E-state index is 11.2. The summed E-state index contributed by atoms with van der Waals surface area (Å²) in [6, 6.07) is 2.19. The molecule has 0 spiro atoms. The third kappa shape index (κ3) is 1.74. The highest BCUT2D eigenvalue weighted by Gasteiger charge is 2.56. The molecule has 18 heavy (non-hydrogen) atoms. The summed E-state index contributed by atoms with van der Waals surface area (Å²) in [5, 5.41) is 13.4. The third-order valence-electron chi connectivity index (χ3n) is 5.63. The van der Waals surface area contributed by atoms with Gasteiger partial charge in [0, 0.05) is 21.2 Å². The molecular formula is C15H19BrOS. The van der Waals surface area contributed by atoms with E-state index in [1.165, 1.54) is 37.0 Å². The molecule has 1 nitrogen and oxygen atoms in total. The summed E-state index contributed by atoms with van der Waals surface area (Å²) in [5.41, 5.74) is -0.391. The maximum Gasteiger partial charge on any atom is 0.0752 e. The van der Waals surface area contributed by atoms with Crippen LogP contribution in [0.5, 0.6) is 0 Å². The first-order valence-electron chi connectivity index (χ1n) is 7.09. The minimum atomic E-state index is -0.391. The third-order valence-corrected chi connectivity index (χ3v) is 7.33. The van der Waals surface area contributed by atoms with Gasteiger partial charge in [0.25, 0.3) is 0 Å². The van der Waals surface area contributed by atoms with Gasteiger partial charge in [-0.2, -0.15) is 0 Å². The Balaban J connectivity index is 1.62. The summed E-state index contributed by atoms with van der Waals surface area (Å²) in [4.78, 5) is 1.34. The van der Waals surface area contributed by atoms with Crippen molar-refractivity contribution in [2.45, 2.75) is 44.1 Å². The highest BCUT2D eigenvalue weighted by molar-refractivity contribution is 9.10. The first kappa shape index (κ1) is 11.9. The zero-order chi connectivity index (χ0) is 12.3. The van der Waals surface area contributed by atoms with Crippen LogP contribution in [0.15, 0.2) is 15.9 Å². The Morgan fingerprint density at radius 2 is 1.78 bits per heavy atom. The average molecular weight is 327 g/mol. The van der Waals surface area contributed by atoms with E-state index >= 15 is 0 Å². The van der Waals surface area contributed by atoms with E-state index in [1.807, 2.05) is 0 Å². The fraction of sp³-hybridized carbons (Fsp3) is 0.733. The second kappa shape index (κ2) is 4.07. The van der Waals surface area contributed by atoms with Crippen molar-refractivity contribution in [2.75, 3.05) is 0 Å². The second-order valence-electron chi connectivity index (χ2n) is 6.70. The minimum absolute atomic E-state index is 0.391. The molecule has 5 rings (SSSR count). The van der Waals surface area contributed by atoms with Crippen molar-refractivity contribution < 1.29 is 5.11 Å². The zero-order valence-corrected chi connectivity index (χ0v) is 12.8. The zero-order valence-electron chi connectivity index (χ0n) is 10.4. The van der Waals surface area contributed by atoms with E-state index in [2.05, 4.69) is 27.4 Å². The lowest BCUT2D eigenvalue weighted by Gasteiger charge is -2.59. The lowest BCUT2D eigenvalue weighted by molar-refractivity contribution is -0.171. The van der Waals surface area contributed by atoms with Gasteiger partial charge in [0.1, 0.15) is 0 Å². The normalized spacial score (nSPS) is 45.7. The predicted octanol–water partition coefficient (Wildman–Crippen LogP) is 4.24. The van der Waals surface area contributed by atoms with Crippen LogP contribution in [0, 0.1) is 23.7 Å². The largest absolute Gasteiger partial charge is 0.389 e. The Bertz CT molecular complexity index is 439. The molecule has 0 atom stereocenters. The van der Waals surface area contributed by atoms with E-state index in [0.717, 1.165) is 22.7 Å². The lowest BCUT2D eigenvalue weighted by Crippen LogP contribution is -2.58. The van der Waals surface area contributed by atoms with Crippen LogP contribution in [-0.4, -0.2) is 10.7 Å². The Morgan fingerprint density at radius 1 is 1.17 bits per heavy atom. The van der Waals surface area contributed by atoms with Crippen molar-refractivity contribution in [3.8, 4) is 0 Å². The Hall–Kier alpha value is 0.140. The predicted molar refractivity (Wildman–Crippen MR) is 77.7 cm³/mol. The molecule has 0 radical (unpaired) electrons. The molecule has 1 aromatic heterocycles. The smallest absolute Gasteiger partial charge is 0.0752 e. The number of thiophene rings is 1. The molecule has 1 aromatic rings. The number of halogens is 1. The first-order valence-corrected chi connectivity index (χ1v) is 8.76. The molecule has 0 amide bonds. The van der Waals surface area contributed by atoms with Crippen LogP contribution >= 0.6 is 27.3 Å². The number of aliphatic hydroxyl groups is 1. The molecular weight excluding hydrogens is 308 g/mol. The quantitative estimate of drug-likeness (QED) is 0.861. The van der Waals surface area contributed by atoms with Gasteiger partial charge in [-0.1, -0.05) is 0 Å². The fourth-order valence-corrected chi connectivity index (χ4v) is 6.56. The number of hydrogen-bond donors (Lipinski definition) is 1. The molecule has 3 heteroatoms. The fourth-order valence-electron chi connectivity index (χ4n) is 5.01. The molecule has 4 saturated carbocycles. The highest BCUT2D eigenvalue weighted by Crippen LogP contribution is 2.59. The van der Waals surface area contributed by atoms with E-state index < -0.39 is 5.60 Å². The van der Waals surface area contributed by atoms with Crippen LogP contribution in [0.4, 0.5) is 0 Å². The van der Waals surface area contributed by atoms with Crippen LogP contribution in [0.25, 0.3) is 0 Å². The molecule has 0 aliphatic heterocycles. The van der Waals surface area contributed by atoms with Gasteiger partial charge in [-0.15, -0.1) is 11.3 Å². The van der Waals surface area contributed by atoms with E-state index in [9.17, 15) is 5.11 Å². The van der Waals surface area contributed by atoms with Crippen molar-refractivity contribution in [3.63, 3.8) is 0 Å². The van der Waals surface area contributed by atoms with Gasteiger partial charge in [0.2, 0.25) is 0 Å². The Morgan fingerprint density at radius 3 is 2.28 bits per heavy atom. The number of rotatable bonds is 2. The van der Waals surface area contributed by atoms with Crippen molar-refractivity contribution in [1.29, 1.82) is 0 Å². The van der Waals surface area contributed by atoms with Crippen LogP contribution in [-0.2, 0) is 6.42 Å². The average Bonchev–Trinajstić information content (AvgIpc) is 2.71. The molecule has 1 N–H and O–H groups in total. The molecule has 4 aliphatic rings. The summed E-state index contributed by atoms with van der Waals surface area (Å²) in [5.74, 6) is 3.02. The molecule has 1 heterocycles. The van der Waals surface area contributed by atoms with Crippen molar-refractivity contribution in [2.24, 2.45) is 23.7 Å². The molecule has 0 unspecified atom stereocenters. The SMILES string of the molecule is OC1(Cc2cc(Br)cs2)C2CC3CC(C2)CC1C3.